The highest BCUT2D eigenvalue weighted by Gasteiger charge is 2.16. The monoisotopic (exact) mass is 209 g/mol. The second kappa shape index (κ2) is 3.59. The second-order valence-electron chi connectivity index (χ2n) is 2.60. The summed E-state index contributed by atoms with van der Waals surface area (Å²) in [6.07, 6.45) is 1.39. The number of hydrogen-bond donors (Lipinski definition) is 0. The fourth-order valence-corrected chi connectivity index (χ4v) is 1.67. The zero-order valence-electron chi connectivity index (χ0n) is 7.38. The molecule has 0 spiro atoms. The minimum atomic E-state index is -0.126. The average Bonchev–Trinajstić information content (AvgIpc) is 2.87. The van der Waals surface area contributed by atoms with Crippen LogP contribution in [0, 0.1) is 0 Å². The van der Waals surface area contributed by atoms with E-state index in [9.17, 15) is 4.79 Å². The Labute approximate surface area is 83.9 Å². The van der Waals surface area contributed by atoms with Crippen molar-refractivity contribution in [3.8, 4) is 0 Å². The van der Waals surface area contributed by atoms with Gasteiger partial charge in [0.1, 0.15) is 6.20 Å². The molecule has 2 aromatic heterocycles. The minimum Gasteiger partial charge on any atom is -0.318 e. The summed E-state index contributed by atoms with van der Waals surface area (Å²) in [5.41, 5.74) is 0. The van der Waals surface area contributed by atoms with Crippen LogP contribution in [0.1, 0.15) is 9.67 Å². The molecule has 2 rings (SSSR count). The van der Waals surface area contributed by atoms with E-state index in [1.807, 2.05) is 11.4 Å². The van der Waals surface area contributed by atoms with Crippen molar-refractivity contribution in [1.82, 2.24) is 10.4 Å². The molecule has 2 aromatic rings. The first-order valence-electron chi connectivity index (χ1n) is 3.88. The molecule has 0 fully saturated rings. The van der Waals surface area contributed by atoms with Gasteiger partial charge in [0.25, 0.3) is 11.8 Å². The number of thiophene rings is 1. The predicted octanol–water partition coefficient (Wildman–Crippen LogP) is 1.41. The van der Waals surface area contributed by atoms with Gasteiger partial charge in [-0.1, -0.05) is 6.07 Å². The number of nitrogens with zero attached hydrogens (tertiary/aromatic N) is 3. The highest BCUT2D eigenvalue weighted by atomic mass is 32.1. The lowest BCUT2D eigenvalue weighted by Crippen LogP contribution is -2.24. The van der Waals surface area contributed by atoms with Crippen LogP contribution in [-0.2, 0) is 0 Å². The lowest BCUT2D eigenvalue weighted by molar-refractivity contribution is 0.0991. The van der Waals surface area contributed by atoms with E-state index >= 15 is 0 Å². The Morgan fingerprint density at radius 3 is 3.07 bits per heavy atom. The van der Waals surface area contributed by atoms with Crippen LogP contribution in [0.15, 0.2) is 28.2 Å². The van der Waals surface area contributed by atoms with Crippen molar-refractivity contribution < 1.29 is 9.32 Å². The third-order valence-corrected chi connectivity index (χ3v) is 2.57. The summed E-state index contributed by atoms with van der Waals surface area (Å²) in [4.78, 5) is 13.7. The maximum Gasteiger partial charge on any atom is 0.270 e. The van der Waals surface area contributed by atoms with E-state index in [0.717, 1.165) is 0 Å². The van der Waals surface area contributed by atoms with Gasteiger partial charge in [-0.15, -0.1) is 16.4 Å². The van der Waals surface area contributed by atoms with Crippen LogP contribution < -0.4 is 4.90 Å². The maximum atomic E-state index is 11.7. The summed E-state index contributed by atoms with van der Waals surface area (Å²) in [5, 5.41) is 8.64. The summed E-state index contributed by atoms with van der Waals surface area (Å²) >= 11 is 1.38. The molecule has 72 valence electrons. The minimum absolute atomic E-state index is 0.126. The molecule has 5 nitrogen and oxygen atoms in total. The van der Waals surface area contributed by atoms with Gasteiger partial charge in [-0.3, -0.25) is 9.69 Å². The molecule has 6 heteroatoms. The van der Waals surface area contributed by atoms with Crippen molar-refractivity contribution in [3.05, 3.63) is 28.6 Å². The van der Waals surface area contributed by atoms with Crippen LogP contribution in [0.25, 0.3) is 0 Å². The van der Waals surface area contributed by atoms with E-state index in [-0.39, 0.29) is 5.91 Å². The molecule has 0 saturated carbocycles. The van der Waals surface area contributed by atoms with Gasteiger partial charge in [-0.25, -0.2) is 0 Å². The number of amides is 1. The summed E-state index contributed by atoms with van der Waals surface area (Å²) in [7, 11) is 1.62. The Morgan fingerprint density at radius 2 is 2.50 bits per heavy atom. The van der Waals surface area contributed by atoms with E-state index in [4.69, 9.17) is 4.52 Å². The largest absolute Gasteiger partial charge is 0.318 e. The van der Waals surface area contributed by atoms with E-state index < -0.39 is 0 Å². The molecule has 1 amide bonds. The van der Waals surface area contributed by atoms with Gasteiger partial charge < -0.3 is 4.52 Å². The van der Waals surface area contributed by atoms with Crippen molar-refractivity contribution >= 4 is 23.1 Å². The smallest absolute Gasteiger partial charge is 0.270 e. The Bertz CT molecular complexity index is 410. The topological polar surface area (TPSA) is 59.2 Å². The van der Waals surface area contributed by atoms with E-state index in [1.165, 1.54) is 22.4 Å². The molecule has 0 aliphatic carbocycles. The first-order chi connectivity index (χ1) is 6.79. The first kappa shape index (κ1) is 8.89. The average molecular weight is 209 g/mol. The SMILES string of the molecule is CN(C(=O)c1cccs1)c1cnno1. The van der Waals surface area contributed by atoms with Gasteiger partial charge >= 0.3 is 0 Å². The summed E-state index contributed by atoms with van der Waals surface area (Å²) in [6, 6.07) is 3.58. The van der Waals surface area contributed by atoms with Crippen LogP contribution in [0.3, 0.4) is 0 Å². The lowest BCUT2D eigenvalue weighted by Gasteiger charge is -2.10. The Morgan fingerprint density at radius 1 is 1.64 bits per heavy atom. The fraction of sp³-hybridized carbons (Fsp3) is 0.125. The van der Waals surface area contributed by atoms with E-state index in [0.29, 0.717) is 10.8 Å². The number of carbonyl (C=O) groups excluding carboxylic acids is 1. The number of rotatable bonds is 2. The van der Waals surface area contributed by atoms with Crippen LogP contribution in [0.4, 0.5) is 5.88 Å². The Hall–Kier alpha value is -1.69. The Balaban J connectivity index is 2.21. The highest BCUT2D eigenvalue weighted by molar-refractivity contribution is 7.12. The van der Waals surface area contributed by atoms with Gasteiger partial charge in [0.05, 0.1) is 4.88 Å². The molecule has 0 saturated heterocycles. The molecule has 14 heavy (non-hydrogen) atoms. The van der Waals surface area contributed by atoms with Crippen LogP contribution >= 0.6 is 11.3 Å². The zero-order valence-corrected chi connectivity index (χ0v) is 8.19. The van der Waals surface area contributed by atoms with Gasteiger partial charge in [0, 0.05) is 12.3 Å². The molecular formula is C8H7N3O2S. The molecule has 0 radical (unpaired) electrons. The van der Waals surface area contributed by atoms with Crippen molar-refractivity contribution in [2.24, 2.45) is 0 Å². The molecule has 0 aromatic carbocycles. The van der Waals surface area contributed by atoms with Crippen LogP contribution in [-0.4, -0.2) is 23.3 Å². The number of hydrogen-bond acceptors (Lipinski definition) is 5. The molecule has 0 N–H and O–H groups in total. The Kier molecular flexibility index (Phi) is 2.28. The number of anilines is 1. The maximum absolute atomic E-state index is 11.7. The van der Waals surface area contributed by atoms with Crippen molar-refractivity contribution in [2.45, 2.75) is 0 Å². The molecule has 0 aliphatic heterocycles. The third kappa shape index (κ3) is 1.51. The van der Waals surface area contributed by atoms with Crippen LogP contribution in [0.5, 0.6) is 0 Å². The van der Waals surface area contributed by atoms with Gasteiger partial charge in [0.15, 0.2) is 0 Å². The molecule has 0 aliphatic rings. The zero-order chi connectivity index (χ0) is 9.97. The highest BCUT2D eigenvalue weighted by Crippen LogP contribution is 2.16. The molecule has 2 heterocycles. The molecule has 0 bridgehead atoms. The summed E-state index contributed by atoms with van der Waals surface area (Å²) in [6.45, 7) is 0. The third-order valence-electron chi connectivity index (χ3n) is 1.72. The number of aromatic nitrogens is 2. The van der Waals surface area contributed by atoms with Crippen molar-refractivity contribution in [3.63, 3.8) is 0 Å². The fourth-order valence-electron chi connectivity index (χ4n) is 0.975. The van der Waals surface area contributed by atoms with Crippen molar-refractivity contribution in [2.75, 3.05) is 11.9 Å². The molecular weight excluding hydrogens is 202 g/mol. The normalized spacial score (nSPS) is 10.1. The quantitative estimate of drug-likeness (QED) is 0.750. The van der Waals surface area contributed by atoms with Crippen molar-refractivity contribution in [1.29, 1.82) is 0 Å². The van der Waals surface area contributed by atoms with Gasteiger partial charge in [0.2, 0.25) is 0 Å². The predicted molar refractivity (Wildman–Crippen MR) is 51.4 cm³/mol. The van der Waals surface area contributed by atoms with E-state index in [2.05, 4.69) is 10.4 Å². The molecule has 0 unspecified atom stereocenters. The lowest BCUT2D eigenvalue weighted by atomic mass is 10.4. The summed E-state index contributed by atoms with van der Waals surface area (Å²) in [5.74, 6) is 0.210. The van der Waals surface area contributed by atoms with Gasteiger partial charge in [-0.05, 0) is 11.4 Å². The number of carbonyl (C=O) groups is 1. The van der Waals surface area contributed by atoms with Crippen LogP contribution in [0.2, 0.25) is 0 Å². The standard InChI is InChI=1S/C8H7N3O2S/c1-11(7-5-9-10-13-7)8(12)6-3-2-4-14-6/h2-5H,1H3. The van der Waals surface area contributed by atoms with E-state index in [1.54, 1.807) is 13.1 Å². The molecule has 0 atom stereocenters. The van der Waals surface area contributed by atoms with Gasteiger partial charge in [-0.2, -0.15) is 0 Å². The summed E-state index contributed by atoms with van der Waals surface area (Å²) < 4.78 is 4.76. The first-order valence-corrected chi connectivity index (χ1v) is 4.76. The second-order valence-corrected chi connectivity index (χ2v) is 3.54.